The van der Waals surface area contributed by atoms with Crippen LogP contribution in [0, 0.1) is 12.8 Å². The number of aromatic nitrogens is 3. The molecular weight excluding hydrogens is 392 g/mol. The summed E-state index contributed by atoms with van der Waals surface area (Å²) in [6, 6.07) is 8.56. The fraction of sp³-hybridized carbons (Fsp3) is 0.625. The van der Waals surface area contributed by atoms with Gasteiger partial charge in [0, 0.05) is 26.2 Å². The largest absolute Gasteiger partial charge is 0.364 e. The molecule has 0 N–H and O–H groups in total. The van der Waals surface area contributed by atoms with Crippen molar-refractivity contribution in [1.29, 1.82) is 0 Å². The monoisotopic (exact) mass is 424 g/mol. The van der Waals surface area contributed by atoms with Gasteiger partial charge in [-0.15, -0.1) is 0 Å². The van der Waals surface area contributed by atoms with Crippen molar-refractivity contribution >= 4 is 0 Å². The molecule has 0 bridgehead atoms. The molecule has 1 saturated carbocycles. The Bertz CT molecular complexity index is 1070. The molecule has 3 aliphatic rings. The van der Waals surface area contributed by atoms with Gasteiger partial charge in [0.25, 0.3) is 0 Å². The third-order valence-electron chi connectivity index (χ3n) is 7.20. The average molecular weight is 425 g/mol. The Morgan fingerprint density at radius 1 is 1.13 bits per heavy atom. The van der Waals surface area contributed by atoms with E-state index in [1.165, 1.54) is 35.1 Å². The summed E-state index contributed by atoms with van der Waals surface area (Å²) in [4.78, 5) is 28.1. The van der Waals surface area contributed by atoms with Gasteiger partial charge in [-0.05, 0) is 37.7 Å². The lowest BCUT2D eigenvalue weighted by Crippen LogP contribution is -2.53. The fourth-order valence-corrected chi connectivity index (χ4v) is 5.52. The van der Waals surface area contributed by atoms with E-state index in [4.69, 9.17) is 4.74 Å². The summed E-state index contributed by atoms with van der Waals surface area (Å²) in [6.45, 7) is 5.92. The van der Waals surface area contributed by atoms with Crippen molar-refractivity contribution in [2.75, 3.05) is 13.1 Å². The van der Waals surface area contributed by atoms with Crippen molar-refractivity contribution in [3.63, 3.8) is 0 Å². The van der Waals surface area contributed by atoms with Crippen LogP contribution in [0.15, 0.2) is 33.9 Å². The first-order chi connectivity index (χ1) is 15.0. The highest BCUT2D eigenvalue weighted by Gasteiger charge is 2.43. The first-order valence-corrected chi connectivity index (χ1v) is 11.6. The molecule has 1 aromatic carbocycles. The van der Waals surface area contributed by atoms with Gasteiger partial charge in [0.05, 0.1) is 6.54 Å². The van der Waals surface area contributed by atoms with E-state index >= 15 is 0 Å². The van der Waals surface area contributed by atoms with Crippen LogP contribution in [0.5, 0.6) is 0 Å². The number of hydrogen-bond acceptors (Lipinski definition) is 5. The zero-order chi connectivity index (χ0) is 21.4. The maximum Gasteiger partial charge on any atom is 0.332 e. The first kappa shape index (κ1) is 20.6. The Hall–Kier alpha value is -2.25. The van der Waals surface area contributed by atoms with Crippen LogP contribution >= 0.6 is 0 Å². The van der Waals surface area contributed by atoms with E-state index in [-0.39, 0.29) is 0 Å². The van der Waals surface area contributed by atoms with Crippen LogP contribution in [0.2, 0.25) is 0 Å². The summed E-state index contributed by atoms with van der Waals surface area (Å²) in [5.74, 6) is 1.03. The van der Waals surface area contributed by atoms with Crippen LogP contribution in [-0.4, -0.2) is 37.9 Å². The molecule has 1 saturated heterocycles. The van der Waals surface area contributed by atoms with Gasteiger partial charge in [0.2, 0.25) is 0 Å². The Morgan fingerprint density at radius 2 is 1.97 bits per heavy atom. The maximum atomic E-state index is 12.9. The molecule has 2 fully saturated rings. The van der Waals surface area contributed by atoms with Crippen molar-refractivity contribution in [3.05, 3.63) is 61.9 Å². The van der Waals surface area contributed by atoms with Crippen LogP contribution in [0.25, 0.3) is 0 Å². The lowest BCUT2D eigenvalue weighted by molar-refractivity contribution is -0.0860. The summed E-state index contributed by atoms with van der Waals surface area (Å²) in [5.41, 5.74) is 1.21. The molecule has 31 heavy (non-hydrogen) atoms. The van der Waals surface area contributed by atoms with Gasteiger partial charge < -0.3 is 4.74 Å². The summed E-state index contributed by atoms with van der Waals surface area (Å²) < 4.78 is 9.29. The minimum atomic E-state index is -0.485. The number of hydrogen-bond donors (Lipinski definition) is 0. The minimum absolute atomic E-state index is 0.290. The van der Waals surface area contributed by atoms with Crippen LogP contribution in [-0.2, 0) is 31.0 Å². The van der Waals surface area contributed by atoms with Gasteiger partial charge in [-0.2, -0.15) is 5.10 Å². The molecule has 5 rings (SSSR count). The molecule has 3 heterocycles. The van der Waals surface area contributed by atoms with Gasteiger partial charge in [0.1, 0.15) is 12.2 Å². The summed E-state index contributed by atoms with van der Waals surface area (Å²) in [5, 5.41) is 4.55. The molecule has 0 radical (unpaired) electrons. The molecule has 1 atom stereocenters. The number of ether oxygens (including phenoxy) is 1. The van der Waals surface area contributed by atoms with Gasteiger partial charge in [-0.1, -0.05) is 49.1 Å². The molecule has 7 heteroatoms. The quantitative estimate of drug-likeness (QED) is 0.706. The minimum Gasteiger partial charge on any atom is -0.364 e. The van der Waals surface area contributed by atoms with E-state index in [0.29, 0.717) is 31.4 Å². The van der Waals surface area contributed by atoms with Crippen molar-refractivity contribution in [1.82, 2.24) is 19.2 Å². The van der Waals surface area contributed by atoms with E-state index in [1.807, 2.05) is 0 Å². The second-order valence-electron chi connectivity index (χ2n) is 9.72. The topological polar surface area (TPSA) is 69.4 Å². The Kier molecular flexibility index (Phi) is 5.56. The number of fused-ring (bicyclic) bond motifs is 1. The van der Waals surface area contributed by atoms with E-state index < -0.39 is 16.7 Å². The number of rotatable bonds is 4. The first-order valence-electron chi connectivity index (χ1n) is 11.6. The highest BCUT2D eigenvalue weighted by atomic mass is 16.5. The molecule has 2 aliphatic heterocycles. The molecule has 2 aromatic rings. The van der Waals surface area contributed by atoms with Crippen LogP contribution in [0.4, 0.5) is 0 Å². The molecule has 1 spiro atoms. The van der Waals surface area contributed by atoms with Crippen molar-refractivity contribution in [3.8, 4) is 0 Å². The van der Waals surface area contributed by atoms with E-state index in [0.717, 1.165) is 38.9 Å². The Balaban J connectivity index is 1.32. The highest BCUT2D eigenvalue weighted by molar-refractivity contribution is 5.22. The van der Waals surface area contributed by atoms with Crippen LogP contribution < -0.4 is 11.1 Å². The molecule has 0 unspecified atom stereocenters. The predicted molar refractivity (Wildman–Crippen MR) is 118 cm³/mol. The van der Waals surface area contributed by atoms with Crippen molar-refractivity contribution < 1.29 is 4.74 Å². The van der Waals surface area contributed by atoms with E-state index in [2.05, 4.69) is 41.2 Å². The fourth-order valence-electron chi connectivity index (χ4n) is 5.52. The summed E-state index contributed by atoms with van der Waals surface area (Å²) in [6.07, 6.45) is 6.76. The van der Waals surface area contributed by atoms with E-state index in [9.17, 15) is 9.59 Å². The van der Waals surface area contributed by atoms with Gasteiger partial charge in [-0.3, -0.25) is 19.1 Å². The molecule has 166 valence electrons. The average Bonchev–Trinajstić information content (AvgIpc) is 3.15. The van der Waals surface area contributed by atoms with Crippen molar-refractivity contribution in [2.24, 2.45) is 5.92 Å². The number of nitrogens with zero attached hydrogens (tertiary/aromatic N) is 4. The maximum absolute atomic E-state index is 12.9. The number of benzene rings is 1. The molecule has 1 aromatic heterocycles. The third-order valence-corrected chi connectivity index (χ3v) is 7.20. The summed E-state index contributed by atoms with van der Waals surface area (Å²) in [7, 11) is 0. The smallest absolute Gasteiger partial charge is 0.332 e. The Morgan fingerprint density at radius 3 is 2.77 bits per heavy atom. The van der Waals surface area contributed by atoms with Gasteiger partial charge in [0.15, 0.2) is 5.82 Å². The van der Waals surface area contributed by atoms with Gasteiger partial charge in [-0.25, -0.2) is 4.68 Å². The highest BCUT2D eigenvalue weighted by Crippen LogP contribution is 2.32. The molecule has 7 nitrogen and oxygen atoms in total. The summed E-state index contributed by atoms with van der Waals surface area (Å²) >= 11 is 0. The zero-order valence-electron chi connectivity index (χ0n) is 18.4. The SMILES string of the molecule is Cc1cccc(CN2CC[C@@]3(C2)Cn2c(nn(CC4CCCCC4)c(=O)c2=O)CO3)c1. The van der Waals surface area contributed by atoms with E-state index in [1.54, 1.807) is 4.57 Å². The second-order valence-corrected chi connectivity index (χ2v) is 9.72. The van der Waals surface area contributed by atoms with Gasteiger partial charge >= 0.3 is 11.1 Å². The zero-order valence-corrected chi connectivity index (χ0v) is 18.4. The number of aryl methyl sites for hydroxylation is 1. The second kappa shape index (κ2) is 8.36. The van der Waals surface area contributed by atoms with Crippen molar-refractivity contribution in [2.45, 2.75) is 77.3 Å². The standard InChI is InChI=1S/C24H32N4O3/c1-18-6-5-9-20(12-18)13-26-11-10-24(16-26)17-27-21(15-31-24)25-28(23(30)22(27)29)14-19-7-3-2-4-8-19/h5-6,9,12,19H,2-4,7-8,10-11,13-17H2,1H3/t24-/m1/s1. The third kappa shape index (κ3) is 4.26. The normalized spacial score (nSPS) is 24.5. The van der Waals surface area contributed by atoms with Crippen LogP contribution in [0.1, 0.15) is 55.5 Å². The predicted octanol–water partition coefficient (Wildman–Crippen LogP) is 2.47. The Labute approximate surface area is 182 Å². The number of likely N-dealkylation sites (tertiary alicyclic amines) is 1. The molecular formula is C24H32N4O3. The van der Waals surface area contributed by atoms with Crippen LogP contribution in [0.3, 0.4) is 0 Å². The molecule has 1 aliphatic carbocycles. The lowest BCUT2D eigenvalue weighted by Gasteiger charge is -2.35. The lowest BCUT2D eigenvalue weighted by atomic mass is 9.89. The molecule has 0 amide bonds.